The zero-order valence-electron chi connectivity index (χ0n) is 17.5. The molecule has 0 saturated heterocycles. The highest BCUT2D eigenvalue weighted by Gasteiger charge is 2.32. The smallest absolute Gasteiger partial charge is 0.271 e. The van der Waals surface area contributed by atoms with Crippen molar-refractivity contribution in [3.8, 4) is 0 Å². The maximum atomic E-state index is 13.6. The molecule has 1 aliphatic heterocycles. The maximum absolute atomic E-state index is 13.6. The van der Waals surface area contributed by atoms with Crippen LogP contribution in [0.3, 0.4) is 0 Å². The van der Waals surface area contributed by atoms with Gasteiger partial charge in [-0.25, -0.2) is 9.38 Å². The number of aromatic nitrogens is 1. The van der Waals surface area contributed by atoms with Gasteiger partial charge in [-0.05, 0) is 65.4 Å². The van der Waals surface area contributed by atoms with E-state index >= 15 is 0 Å². The molecule has 3 nitrogen and oxygen atoms in total. The molecule has 0 saturated carbocycles. The molecule has 1 aliphatic carbocycles. The van der Waals surface area contributed by atoms with Gasteiger partial charge in [-0.2, -0.15) is 0 Å². The number of fused-ring (bicyclic) bond motifs is 3. The molecule has 1 aromatic heterocycles. The fourth-order valence-corrected chi connectivity index (χ4v) is 5.80. The summed E-state index contributed by atoms with van der Waals surface area (Å²) >= 11 is 7.53. The molecule has 0 unspecified atom stereocenters. The summed E-state index contributed by atoms with van der Waals surface area (Å²) in [6.07, 6.45) is 3.55. The van der Waals surface area contributed by atoms with Crippen LogP contribution < -0.4 is 14.9 Å². The van der Waals surface area contributed by atoms with Gasteiger partial charge in [-0.3, -0.25) is 9.36 Å². The summed E-state index contributed by atoms with van der Waals surface area (Å²) in [6, 6.07) is 21.9. The van der Waals surface area contributed by atoms with E-state index in [-0.39, 0.29) is 17.4 Å². The van der Waals surface area contributed by atoms with Gasteiger partial charge in [0.25, 0.3) is 5.56 Å². The summed E-state index contributed by atoms with van der Waals surface area (Å²) in [6.45, 7) is 0. The minimum absolute atomic E-state index is 0.0894. The van der Waals surface area contributed by atoms with Gasteiger partial charge >= 0.3 is 0 Å². The first-order valence-corrected chi connectivity index (χ1v) is 11.9. The van der Waals surface area contributed by atoms with E-state index in [0.717, 1.165) is 40.8 Å². The highest BCUT2D eigenvalue weighted by molar-refractivity contribution is 7.07. The van der Waals surface area contributed by atoms with Crippen molar-refractivity contribution < 1.29 is 4.39 Å². The Morgan fingerprint density at radius 3 is 2.55 bits per heavy atom. The number of allylic oxidation sites excluding steroid dienone is 1. The first-order valence-electron chi connectivity index (χ1n) is 10.7. The molecular weight excluding hydrogens is 455 g/mol. The second-order valence-corrected chi connectivity index (χ2v) is 9.66. The summed E-state index contributed by atoms with van der Waals surface area (Å²) in [5, 5.41) is 0.658. The first kappa shape index (κ1) is 20.3. The number of thiazole rings is 1. The van der Waals surface area contributed by atoms with Crippen LogP contribution in [0, 0.1) is 5.82 Å². The van der Waals surface area contributed by atoms with E-state index in [2.05, 4.69) is 18.2 Å². The Bertz CT molecular complexity index is 1600. The predicted octanol–water partition coefficient (Wildman–Crippen LogP) is 5.11. The van der Waals surface area contributed by atoms with Crippen molar-refractivity contribution in [1.82, 2.24) is 4.57 Å². The molecule has 0 bridgehead atoms. The lowest BCUT2D eigenvalue weighted by molar-refractivity contribution is 0.585. The minimum atomic E-state index is -0.303. The Morgan fingerprint density at radius 2 is 1.76 bits per heavy atom. The lowest BCUT2D eigenvalue weighted by atomic mass is 9.83. The van der Waals surface area contributed by atoms with Crippen LogP contribution in [0.5, 0.6) is 0 Å². The molecular formula is C27H18ClFN2OS. The van der Waals surface area contributed by atoms with Gasteiger partial charge in [-0.1, -0.05) is 71.5 Å². The predicted molar refractivity (Wildman–Crippen MR) is 131 cm³/mol. The average Bonchev–Trinajstić information content (AvgIpc) is 3.14. The van der Waals surface area contributed by atoms with Crippen molar-refractivity contribution in [1.29, 1.82) is 0 Å². The summed E-state index contributed by atoms with van der Waals surface area (Å²) in [4.78, 5) is 19.3. The van der Waals surface area contributed by atoms with Crippen LogP contribution in [0.25, 0.3) is 11.8 Å². The Balaban J connectivity index is 1.62. The molecule has 0 spiro atoms. The highest BCUT2D eigenvalue weighted by Crippen LogP contribution is 2.41. The Labute approximate surface area is 198 Å². The van der Waals surface area contributed by atoms with Gasteiger partial charge in [0, 0.05) is 10.6 Å². The minimum Gasteiger partial charge on any atom is -0.272 e. The molecule has 162 valence electrons. The molecule has 0 N–H and O–H groups in total. The molecule has 3 aromatic carbocycles. The van der Waals surface area contributed by atoms with Gasteiger partial charge < -0.3 is 0 Å². The van der Waals surface area contributed by atoms with E-state index in [1.807, 2.05) is 30.3 Å². The van der Waals surface area contributed by atoms with Crippen molar-refractivity contribution in [2.45, 2.75) is 18.9 Å². The van der Waals surface area contributed by atoms with Crippen molar-refractivity contribution in [3.63, 3.8) is 0 Å². The molecule has 2 aliphatic rings. The monoisotopic (exact) mass is 472 g/mol. The Morgan fingerprint density at radius 1 is 1.00 bits per heavy atom. The van der Waals surface area contributed by atoms with Gasteiger partial charge in [0.1, 0.15) is 5.82 Å². The number of benzene rings is 3. The fourth-order valence-electron chi connectivity index (χ4n) is 4.68. The Kier molecular flexibility index (Phi) is 4.89. The van der Waals surface area contributed by atoms with Gasteiger partial charge in [0.15, 0.2) is 4.80 Å². The van der Waals surface area contributed by atoms with E-state index in [4.69, 9.17) is 16.6 Å². The number of halogens is 2. The SMILES string of the molecule is O=c1/c(=C/c2ccc(F)cc2)sc2n1[C@@H](c1ccc(Cl)cc1)C1=C(N=2)c2ccccc2CC1. The van der Waals surface area contributed by atoms with Crippen LogP contribution in [0.4, 0.5) is 4.39 Å². The van der Waals surface area contributed by atoms with Crippen molar-refractivity contribution in [3.05, 3.63) is 131 Å². The quantitative estimate of drug-likeness (QED) is 0.399. The number of hydrogen-bond donors (Lipinski definition) is 0. The summed E-state index contributed by atoms with van der Waals surface area (Å²) < 4.78 is 15.7. The van der Waals surface area contributed by atoms with Crippen LogP contribution in [0.1, 0.15) is 34.7 Å². The average molecular weight is 473 g/mol. The molecule has 1 atom stereocenters. The van der Waals surface area contributed by atoms with Gasteiger partial charge in [0.05, 0.1) is 16.3 Å². The summed E-state index contributed by atoms with van der Waals surface area (Å²) in [7, 11) is 0. The topological polar surface area (TPSA) is 34.4 Å². The number of rotatable bonds is 2. The third-order valence-electron chi connectivity index (χ3n) is 6.23. The number of aryl methyl sites for hydroxylation is 1. The van der Waals surface area contributed by atoms with E-state index in [1.54, 1.807) is 22.8 Å². The number of hydrogen-bond acceptors (Lipinski definition) is 3. The van der Waals surface area contributed by atoms with Crippen LogP contribution in [-0.2, 0) is 6.42 Å². The molecule has 6 rings (SSSR count). The van der Waals surface area contributed by atoms with Crippen molar-refractivity contribution in [2.75, 3.05) is 0 Å². The zero-order valence-corrected chi connectivity index (χ0v) is 19.0. The Hall–Kier alpha value is -3.28. The highest BCUT2D eigenvalue weighted by atomic mass is 35.5. The van der Waals surface area contributed by atoms with E-state index < -0.39 is 0 Å². The molecule has 2 heterocycles. The van der Waals surface area contributed by atoms with Crippen LogP contribution in [0.2, 0.25) is 5.02 Å². The lowest BCUT2D eigenvalue weighted by Crippen LogP contribution is -2.38. The lowest BCUT2D eigenvalue weighted by Gasteiger charge is -2.30. The van der Waals surface area contributed by atoms with E-state index in [9.17, 15) is 9.18 Å². The van der Waals surface area contributed by atoms with Gasteiger partial charge in [0.2, 0.25) is 0 Å². The third-order valence-corrected chi connectivity index (χ3v) is 7.46. The molecule has 0 radical (unpaired) electrons. The van der Waals surface area contributed by atoms with Crippen molar-refractivity contribution >= 4 is 34.7 Å². The summed E-state index contributed by atoms with van der Waals surface area (Å²) in [5.74, 6) is -0.303. The molecule has 0 fully saturated rings. The van der Waals surface area contributed by atoms with E-state index in [0.29, 0.717) is 14.4 Å². The normalized spacial score (nSPS) is 17.3. The summed E-state index contributed by atoms with van der Waals surface area (Å²) in [5.41, 5.74) is 6.22. The van der Waals surface area contributed by atoms with Crippen LogP contribution in [-0.4, -0.2) is 4.57 Å². The van der Waals surface area contributed by atoms with E-state index in [1.165, 1.54) is 29.0 Å². The fraction of sp³-hybridized carbons (Fsp3) is 0.111. The second kappa shape index (κ2) is 7.94. The largest absolute Gasteiger partial charge is 0.272 e. The van der Waals surface area contributed by atoms with Crippen LogP contribution in [0.15, 0.2) is 88.2 Å². The second-order valence-electron chi connectivity index (χ2n) is 8.22. The maximum Gasteiger partial charge on any atom is 0.271 e. The van der Waals surface area contributed by atoms with Crippen LogP contribution >= 0.6 is 22.9 Å². The zero-order chi connectivity index (χ0) is 22.5. The molecule has 6 heteroatoms. The van der Waals surface area contributed by atoms with Crippen molar-refractivity contribution in [2.24, 2.45) is 4.99 Å². The molecule has 4 aromatic rings. The van der Waals surface area contributed by atoms with Gasteiger partial charge in [-0.15, -0.1) is 0 Å². The standard InChI is InChI=1S/C27H18ClFN2OS/c28-19-10-7-18(8-11-19)25-22-14-9-17-3-1-2-4-21(17)24(22)30-27-31(25)26(32)23(33-27)15-16-5-12-20(29)13-6-16/h1-8,10-13,15,25H,9,14H2/b23-15-/t25-/m0/s1. The third kappa shape index (κ3) is 3.48. The molecule has 0 amide bonds. The first-order chi connectivity index (χ1) is 16.1. The number of nitrogens with zero attached hydrogens (tertiary/aromatic N) is 2. The molecule has 33 heavy (non-hydrogen) atoms.